The van der Waals surface area contributed by atoms with Gasteiger partial charge < -0.3 is 29.5 Å². The quantitative estimate of drug-likeness (QED) is 0.0906. The molecule has 0 radical (unpaired) electrons. The Morgan fingerprint density at radius 1 is 0.840 bits per heavy atom. The van der Waals surface area contributed by atoms with Crippen molar-refractivity contribution in [1.82, 2.24) is 24.3 Å². The smallest absolute Gasteiger partial charge is 0.444 e. The van der Waals surface area contributed by atoms with E-state index in [2.05, 4.69) is 57.8 Å². The van der Waals surface area contributed by atoms with Crippen LogP contribution in [0.5, 0.6) is 0 Å². The highest BCUT2D eigenvalue weighted by Crippen LogP contribution is 2.45. The molecule has 2 amide bonds. The summed E-state index contributed by atoms with van der Waals surface area (Å²) in [4.78, 5) is 36.8. The number of anilines is 2. The zero-order valence-corrected chi connectivity index (χ0v) is 50.3. The molecule has 4 aliphatic rings. The van der Waals surface area contributed by atoms with Gasteiger partial charge in [-0.3, -0.25) is 14.6 Å². The van der Waals surface area contributed by atoms with E-state index in [4.69, 9.17) is 21.1 Å². The number of amides is 2. The number of benzene rings is 4. The summed E-state index contributed by atoms with van der Waals surface area (Å²) in [6.45, 7) is 21.5. The monoisotopic (exact) mass is 1200 g/mol. The van der Waals surface area contributed by atoms with Gasteiger partial charge in [-0.1, -0.05) is 54.4 Å². The van der Waals surface area contributed by atoms with Crippen LogP contribution in [0.15, 0.2) is 117 Å². The molecule has 2 N–H and O–H groups in total. The minimum absolute atomic E-state index is 0.0000985. The minimum Gasteiger partial charge on any atom is -0.444 e. The van der Waals surface area contributed by atoms with Gasteiger partial charge in [-0.2, -0.15) is 13.2 Å². The molecule has 0 aromatic heterocycles. The van der Waals surface area contributed by atoms with Crippen LogP contribution in [0.2, 0.25) is 5.02 Å². The topological polar surface area (TPSA) is 161 Å². The lowest BCUT2D eigenvalue weighted by atomic mass is 9.71. The van der Waals surface area contributed by atoms with E-state index in [1.165, 1.54) is 40.6 Å². The lowest BCUT2D eigenvalue weighted by Gasteiger charge is -2.48. The molecule has 4 aromatic carbocycles. The molecule has 22 heteroatoms. The van der Waals surface area contributed by atoms with Crippen LogP contribution in [0.25, 0.3) is 5.57 Å². The number of allylic oxidation sites excluding steroid dienone is 1. The van der Waals surface area contributed by atoms with Crippen LogP contribution < -0.4 is 14.9 Å². The molecule has 81 heavy (non-hydrogen) atoms. The van der Waals surface area contributed by atoms with Crippen molar-refractivity contribution in [3.05, 3.63) is 119 Å². The summed E-state index contributed by atoms with van der Waals surface area (Å²) in [6, 6.07) is 25.8. The molecule has 15 nitrogen and oxygen atoms in total. The maximum atomic E-state index is 14.3. The van der Waals surface area contributed by atoms with Crippen molar-refractivity contribution in [1.29, 1.82) is 0 Å². The van der Waals surface area contributed by atoms with Crippen molar-refractivity contribution >= 4 is 72.2 Å². The third-order valence-corrected chi connectivity index (χ3v) is 19.8. The zero-order valence-electron chi connectivity index (χ0n) is 47.1. The van der Waals surface area contributed by atoms with Crippen molar-refractivity contribution in [3.63, 3.8) is 0 Å². The highest BCUT2D eigenvalue weighted by atomic mass is 35.5. The number of rotatable bonds is 18. The molecule has 4 atom stereocenters. The molecule has 3 heterocycles. The number of thioether (sulfide) groups is 1. The van der Waals surface area contributed by atoms with E-state index in [9.17, 15) is 39.6 Å². The fourth-order valence-corrected chi connectivity index (χ4v) is 14.6. The first kappa shape index (κ1) is 62.2. The van der Waals surface area contributed by atoms with Crippen LogP contribution in [0.1, 0.15) is 89.6 Å². The van der Waals surface area contributed by atoms with Crippen LogP contribution in [-0.4, -0.2) is 169 Å². The van der Waals surface area contributed by atoms with E-state index in [-0.39, 0.29) is 29.2 Å². The lowest BCUT2D eigenvalue weighted by molar-refractivity contribution is -0.0436. The summed E-state index contributed by atoms with van der Waals surface area (Å²) < 4.78 is 110. The fourth-order valence-electron chi connectivity index (χ4n) is 11.5. The predicted octanol–water partition coefficient (Wildman–Crippen LogP) is 10.5. The van der Waals surface area contributed by atoms with E-state index in [0.717, 1.165) is 94.2 Å². The number of carbonyl (C=O) groups is 2. The fraction of sp³-hybridized carbons (Fsp3) is 0.525. The largest absolute Gasteiger partial charge is 0.501 e. The van der Waals surface area contributed by atoms with Gasteiger partial charge in [-0.05, 0) is 150 Å². The first-order chi connectivity index (χ1) is 38.3. The predicted molar refractivity (Wildman–Crippen MR) is 314 cm³/mol. The summed E-state index contributed by atoms with van der Waals surface area (Å²) in [5.41, 5.74) is -2.01. The second kappa shape index (κ2) is 26.4. The van der Waals surface area contributed by atoms with Crippen LogP contribution in [-0.2, 0) is 29.3 Å². The second-order valence-corrected chi connectivity index (χ2v) is 28.4. The molecule has 8 rings (SSSR count). The first-order valence-electron chi connectivity index (χ1n) is 27.8. The molecule has 1 aliphatic carbocycles. The van der Waals surface area contributed by atoms with Crippen LogP contribution in [0.4, 0.5) is 29.3 Å². The van der Waals surface area contributed by atoms with Crippen LogP contribution in [0, 0.1) is 5.41 Å². The number of alkyl halides is 3. The Morgan fingerprint density at radius 2 is 1.52 bits per heavy atom. The van der Waals surface area contributed by atoms with Gasteiger partial charge in [0.2, 0.25) is 0 Å². The number of sulfonamides is 1. The van der Waals surface area contributed by atoms with Gasteiger partial charge in [-0.15, -0.1) is 11.8 Å². The number of hydrogen-bond donors (Lipinski definition) is 2. The Labute approximate surface area is 485 Å². The molecular formula is C59H77ClF3N7O8S3. The molecule has 2 unspecified atom stereocenters. The number of piperazine rings is 2. The molecule has 3 aliphatic heterocycles. The highest BCUT2D eigenvalue weighted by molar-refractivity contribution is 7.99. The van der Waals surface area contributed by atoms with Gasteiger partial charge in [0.15, 0.2) is 0 Å². The minimum atomic E-state index is -6.09. The Morgan fingerprint density at radius 3 is 2.17 bits per heavy atom. The molecule has 442 valence electrons. The number of nitrogens with one attached hydrogen (secondary N) is 2. The van der Waals surface area contributed by atoms with Gasteiger partial charge in [0.25, 0.3) is 25.8 Å². The molecule has 0 spiro atoms. The molecule has 3 fully saturated rings. The number of ether oxygens (including phenoxy) is 2. The van der Waals surface area contributed by atoms with Gasteiger partial charge in [-0.25, -0.2) is 26.4 Å². The maximum Gasteiger partial charge on any atom is 0.501 e. The first-order valence-corrected chi connectivity index (χ1v) is 32.1. The molecule has 0 bridgehead atoms. The van der Waals surface area contributed by atoms with Gasteiger partial charge in [0.05, 0.1) is 17.2 Å². The van der Waals surface area contributed by atoms with Crippen molar-refractivity contribution in [2.75, 3.05) is 101 Å². The Balaban J connectivity index is 0.910. The number of nitrogens with zero attached hydrogens (tertiary/aromatic N) is 5. The molecule has 3 saturated heterocycles. The number of sulfone groups is 1. The molecular weight excluding hydrogens is 1120 g/mol. The van der Waals surface area contributed by atoms with Crippen molar-refractivity contribution in [2.45, 2.75) is 118 Å². The maximum absolute atomic E-state index is 14.3. The van der Waals surface area contributed by atoms with Gasteiger partial charge >= 0.3 is 11.6 Å². The zero-order chi connectivity index (χ0) is 58.3. The standard InChI is InChI=1S/C59H77ClF3N7O8S3/c1-42-37-68(38-43(2)70(42)56(72)78-57(3,4)5)41-58(6)25-23-52(44-13-17-47(60)18-14-44)46(36-58)39-67-28-30-69(31-29-67)49-19-15-45(16-20-49)55(71)65-81(75,76)51-21-22-53(54(35-51)80(73,74)59(61,62)63)64-48(40-79-50-11-8-7-9-12-50)24-27-66-26-10-33-77-34-32-66/h7-9,11-22,35,42-43,48,64H,10,23-34,36-41H2,1-6H3,(H,65,71)/t42?,43?,48-,58-/m1/s1. The summed E-state index contributed by atoms with van der Waals surface area (Å²) in [7, 11) is -11.0. The second-order valence-electron chi connectivity index (χ2n) is 23.3. The van der Waals surface area contributed by atoms with Gasteiger partial charge in [0, 0.05) is 124 Å². The summed E-state index contributed by atoms with van der Waals surface area (Å²) >= 11 is 7.79. The van der Waals surface area contributed by atoms with Crippen molar-refractivity contribution in [3.8, 4) is 0 Å². The SMILES string of the molecule is CC1CN(C[C@]2(C)CCC(c3ccc(Cl)cc3)=C(CN3CCN(c4ccc(C(=O)NS(=O)(=O)c5ccc(N[C@H](CCN6CCCOCC6)CSc6ccccc6)c(S(=O)(=O)C(F)(F)F)c5)cc4)CC3)C2)CC(C)N1C(=O)OC(C)(C)C. The lowest BCUT2D eigenvalue weighted by Crippen LogP contribution is -2.60. The number of hydrogen-bond acceptors (Lipinski definition) is 14. The third kappa shape index (κ3) is 16.5. The van der Waals surface area contributed by atoms with E-state index >= 15 is 0 Å². The average Bonchev–Trinajstić information content (AvgIpc) is 3.78. The Bertz CT molecular complexity index is 3050. The van der Waals surface area contributed by atoms with E-state index in [1.807, 2.05) is 72.9 Å². The average molecular weight is 1200 g/mol. The molecule has 4 aromatic rings. The Kier molecular flexibility index (Phi) is 20.2. The van der Waals surface area contributed by atoms with Crippen molar-refractivity contribution < 1.29 is 49.1 Å². The summed E-state index contributed by atoms with van der Waals surface area (Å²) in [6.07, 6.45) is 3.83. The summed E-state index contributed by atoms with van der Waals surface area (Å²) in [5.74, 6) is -0.682. The highest BCUT2D eigenvalue weighted by Gasteiger charge is 2.49. The van der Waals surface area contributed by atoms with E-state index in [1.54, 1.807) is 12.1 Å². The van der Waals surface area contributed by atoms with Crippen molar-refractivity contribution in [2.24, 2.45) is 5.41 Å². The summed E-state index contributed by atoms with van der Waals surface area (Å²) in [5, 5.41) is 3.70. The molecule has 0 saturated carbocycles. The van der Waals surface area contributed by atoms with E-state index < -0.39 is 58.4 Å². The third-order valence-electron chi connectivity index (χ3n) is 15.5. The van der Waals surface area contributed by atoms with Crippen LogP contribution in [0.3, 0.4) is 0 Å². The Hall–Kier alpha value is -4.87. The van der Waals surface area contributed by atoms with Crippen LogP contribution >= 0.6 is 23.4 Å². The number of halogens is 4. The van der Waals surface area contributed by atoms with Gasteiger partial charge in [0.1, 0.15) is 10.5 Å². The normalized spacial score (nSPS) is 21.8. The number of carbonyl (C=O) groups excluding carboxylic acids is 2. The van der Waals surface area contributed by atoms with E-state index in [0.29, 0.717) is 62.7 Å².